The van der Waals surface area contributed by atoms with Crippen molar-refractivity contribution in [3.63, 3.8) is 0 Å². The second-order valence-electron chi connectivity index (χ2n) is 5.57. The van der Waals surface area contributed by atoms with Gasteiger partial charge < -0.3 is 9.73 Å². The Balaban J connectivity index is 1.60. The molecule has 1 aromatic heterocycles. The summed E-state index contributed by atoms with van der Waals surface area (Å²) in [6.07, 6.45) is 3.08. The lowest BCUT2D eigenvalue weighted by atomic mass is 10.2. The zero-order chi connectivity index (χ0) is 18.7. The van der Waals surface area contributed by atoms with Gasteiger partial charge in [-0.2, -0.15) is 0 Å². The van der Waals surface area contributed by atoms with Gasteiger partial charge in [-0.3, -0.25) is 19.3 Å². The van der Waals surface area contributed by atoms with Crippen LogP contribution in [0.4, 0.5) is 4.79 Å². The molecule has 0 unspecified atom stereocenters. The van der Waals surface area contributed by atoms with Crippen LogP contribution in [0.15, 0.2) is 45.9 Å². The number of imide groups is 1. The highest BCUT2D eigenvalue weighted by atomic mass is 35.5. The number of halogens is 1. The molecule has 0 spiro atoms. The lowest BCUT2D eigenvalue weighted by Gasteiger charge is -2.12. The minimum atomic E-state index is -0.379. The van der Waals surface area contributed by atoms with E-state index in [0.29, 0.717) is 9.93 Å². The fourth-order valence-corrected chi connectivity index (χ4v) is 3.36. The second-order valence-corrected chi connectivity index (χ2v) is 7.00. The molecule has 3 amide bonds. The molecule has 8 heteroatoms. The summed E-state index contributed by atoms with van der Waals surface area (Å²) in [6, 6.07) is 8.64. The van der Waals surface area contributed by atoms with Gasteiger partial charge in [0.1, 0.15) is 0 Å². The summed E-state index contributed by atoms with van der Waals surface area (Å²) in [5.41, 5.74) is 1.50. The number of nitrogens with one attached hydrogen (secondary N) is 1. The standard InChI is InChI=1S/C18H15ClN2O4S/c1-11-6-9-25-15(11)16(22)20-7-8-21-17(23)14(26-18(21)24)10-12-2-4-13(19)5-3-12/h2-6,9-10H,7-8H2,1H3,(H,20,22)/b14-10+. The van der Waals surface area contributed by atoms with Gasteiger partial charge in [0.25, 0.3) is 17.1 Å². The number of hydrogen-bond acceptors (Lipinski definition) is 5. The van der Waals surface area contributed by atoms with E-state index >= 15 is 0 Å². The third-order valence-corrected chi connectivity index (χ3v) is 4.89. The number of carbonyl (C=O) groups excluding carboxylic acids is 3. The van der Waals surface area contributed by atoms with Crippen molar-refractivity contribution in [2.45, 2.75) is 6.92 Å². The Kier molecular flexibility index (Phi) is 5.49. The molecule has 3 rings (SSSR count). The van der Waals surface area contributed by atoms with Gasteiger partial charge in [0.05, 0.1) is 11.2 Å². The molecule has 6 nitrogen and oxygen atoms in total. The number of carbonyl (C=O) groups is 3. The van der Waals surface area contributed by atoms with E-state index < -0.39 is 0 Å². The first-order chi connectivity index (χ1) is 12.5. The molecule has 1 fully saturated rings. The Hall–Kier alpha value is -2.51. The van der Waals surface area contributed by atoms with Crippen molar-refractivity contribution in [3.8, 4) is 0 Å². The second kappa shape index (κ2) is 7.80. The third-order valence-electron chi connectivity index (χ3n) is 3.73. The Labute approximate surface area is 159 Å². The quantitative estimate of drug-likeness (QED) is 0.787. The van der Waals surface area contributed by atoms with Gasteiger partial charge in [0.15, 0.2) is 5.76 Å². The van der Waals surface area contributed by atoms with Crippen LogP contribution in [-0.4, -0.2) is 35.0 Å². The van der Waals surface area contributed by atoms with Crippen molar-refractivity contribution in [2.24, 2.45) is 0 Å². The lowest BCUT2D eigenvalue weighted by Crippen LogP contribution is -2.37. The highest BCUT2D eigenvalue weighted by molar-refractivity contribution is 8.18. The Morgan fingerprint density at radius 2 is 2.00 bits per heavy atom. The van der Waals surface area contributed by atoms with Crippen LogP contribution in [0.25, 0.3) is 6.08 Å². The topological polar surface area (TPSA) is 79.6 Å². The van der Waals surface area contributed by atoms with Crippen molar-refractivity contribution in [3.05, 3.63) is 63.4 Å². The molecule has 1 aliphatic heterocycles. The summed E-state index contributed by atoms with van der Waals surface area (Å²) >= 11 is 6.71. The largest absolute Gasteiger partial charge is 0.459 e. The molecule has 1 saturated heterocycles. The predicted octanol–water partition coefficient (Wildman–Crippen LogP) is 3.71. The number of benzene rings is 1. The van der Waals surface area contributed by atoms with Gasteiger partial charge in [-0.15, -0.1) is 0 Å². The highest BCUT2D eigenvalue weighted by Gasteiger charge is 2.34. The van der Waals surface area contributed by atoms with Crippen LogP contribution in [-0.2, 0) is 4.79 Å². The van der Waals surface area contributed by atoms with Crippen molar-refractivity contribution >= 4 is 46.5 Å². The van der Waals surface area contributed by atoms with E-state index in [2.05, 4.69) is 5.32 Å². The first-order valence-electron chi connectivity index (χ1n) is 7.79. The van der Waals surface area contributed by atoms with E-state index in [1.807, 2.05) is 0 Å². The zero-order valence-electron chi connectivity index (χ0n) is 13.8. The minimum absolute atomic E-state index is 0.0914. The van der Waals surface area contributed by atoms with E-state index in [1.54, 1.807) is 43.3 Å². The van der Waals surface area contributed by atoms with Crippen molar-refractivity contribution < 1.29 is 18.8 Å². The fraction of sp³-hybridized carbons (Fsp3) is 0.167. The molecule has 1 aliphatic rings. The Morgan fingerprint density at radius 1 is 1.27 bits per heavy atom. The molecule has 0 saturated carbocycles. The van der Waals surface area contributed by atoms with Crippen LogP contribution in [0.5, 0.6) is 0 Å². The SMILES string of the molecule is Cc1ccoc1C(=O)NCCN1C(=O)S/C(=C/c2ccc(Cl)cc2)C1=O. The third kappa shape index (κ3) is 4.00. The summed E-state index contributed by atoms with van der Waals surface area (Å²) < 4.78 is 5.10. The first-order valence-corrected chi connectivity index (χ1v) is 8.98. The highest BCUT2D eigenvalue weighted by Crippen LogP contribution is 2.32. The van der Waals surface area contributed by atoms with Gasteiger partial charge in [0, 0.05) is 23.7 Å². The van der Waals surface area contributed by atoms with Crippen LogP contribution in [0, 0.1) is 6.92 Å². The minimum Gasteiger partial charge on any atom is -0.459 e. The van der Waals surface area contributed by atoms with Crippen LogP contribution in [0.3, 0.4) is 0 Å². The molecule has 26 heavy (non-hydrogen) atoms. The average Bonchev–Trinajstić information content (AvgIpc) is 3.15. The van der Waals surface area contributed by atoms with Crippen LogP contribution < -0.4 is 5.32 Å². The number of rotatable bonds is 5. The predicted molar refractivity (Wildman–Crippen MR) is 99.9 cm³/mol. The first kappa shape index (κ1) is 18.3. The summed E-state index contributed by atoms with van der Waals surface area (Å²) in [7, 11) is 0. The molecule has 1 N–H and O–H groups in total. The maximum absolute atomic E-state index is 12.4. The normalized spacial score (nSPS) is 15.8. The molecule has 0 radical (unpaired) electrons. The molecule has 2 aromatic rings. The molecule has 0 aliphatic carbocycles. The lowest BCUT2D eigenvalue weighted by molar-refractivity contribution is -0.122. The van der Waals surface area contributed by atoms with Gasteiger partial charge in [-0.25, -0.2) is 0 Å². The van der Waals surface area contributed by atoms with E-state index in [-0.39, 0.29) is 35.9 Å². The van der Waals surface area contributed by atoms with E-state index in [4.69, 9.17) is 16.0 Å². The van der Waals surface area contributed by atoms with E-state index in [1.165, 1.54) is 6.26 Å². The summed E-state index contributed by atoms with van der Waals surface area (Å²) in [4.78, 5) is 37.9. The smallest absolute Gasteiger partial charge is 0.293 e. The summed E-state index contributed by atoms with van der Waals surface area (Å²) in [6.45, 7) is 2.00. The van der Waals surface area contributed by atoms with Crippen LogP contribution in [0.1, 0.15) is 21.7 Å². The van der Waals surface area contributed by atoms with Gasteiger partial charge in [0.2, 0.25) is 0 Å². The Bertz CT molecular complexity index is 889. The van der Waals surface area contributed by atoms with Crippen LogP contribution in [0.2, 0.25) is 5.02 Å². The number of aryl methyl sites for hydroxylation is 1. The zero-order valence-corrected chi connectivity index (χ0v) is 15.4. The Morgan fingerprint density at radius 3 is 2.65 bits per heavy atom. The molecule has 1 aromatic carbocycles. The molecular formula is C18H15ClN2O4S. The van der Waals surface area contributed by atoms with Crippen LogP contribution >= 0.6 is 23.4 Å². The maximum Gasteiger partial charge on any atom is 0.293 e. The summed E-state index contributed by atoms with van der Waals surface area (Å²) in [5, 5.41) is 2.88. The van der Waals surface area contributed by atoms with Crippen molar-refractivity contribution in [1.82, 2.24) is 10.2 Å². The van der Waals surface area contributed by atoms with Gasteiger partial charge >= 0.3 is 0 Å². The van der Waals surface area contributed by atoms with Crippen molar-refractivity contribution in [2.75, 3.05) is 13.1 Å². The van der Waals surface area contributed by atoms with Gasteiger partial charge in [-0.1, -0.05) is 23.7 Å². The van der Waals surface area contributed by atoms with Crippen molar-refractivity contribution in [1.29, 1.82) is 0 Å². The van der Waals surface area contributed by atoms with E-state index in [0.717, 1.165) is 27.8 Å². The molecular weight excluding hydrogens is 376 g/mol. The van der Waals surface area contributed by atoms with E-state index in [9.17, 15) is 14.4 Å². The average molecular weight is 391 g/mol. The number of thioether (sulfide) groups is 1. The number of amides is 3. The molecule has 0 bridgehead atoms. The molecule has 134 valence electrons. The fourth-order valence-electron chi connectivity index (χ4n) is 2.37. The van der Waals surface area contributed by atoms with Gasteiger partial charge in [-0.05, 0) is 48.5 Å². The number of hydrogen-bond donors (Lipinski definition) is 1. The maximum atomic E-state index is 12.4. The molecule has 2 heterocycles. The summed E-state index contributed by atoms with van der Waals surface area (Å²) in [5.74, 6) is -0.531. The number of furan rings is 1. The monoisotopic (exact) mass is 390 g/mol. The number of nitrogens with zero attached hydrogens (tertiary/aromatic N) is 1. The molecule has 0 atom stereocenters.